The summed E-state index contributed by atoms with van der Waals surface area (Å²) in [6.07, 6.45) is 5.24. The largest absolute Gasteiger partial charge is 0.329 e. The molecular weight excluding hydrogens is 210 g/mol. The summed E-state index contributed by atoms with van der Waals surface area (Å²) in [7, 11) is 2.23. The zero-order chi connectivity index (χ0) is 12.5. The van der Waals surface area contributed by atoms with Crippen molar-refractivity contribution in [2.75, 3.05) is 33.2 Å². The highest BCUT2D eigenvalue weighted by Gasteiger charge is 2.43. The average molecular weight is 239 g/mol. The molecule has 0 radical (unpaired) electrons. The van der Waals surface area contributed by atoms with Gasteiger partial charge in [-0.05, 0) is 58.3 Å². The maximum Gasteiger partial charge on any atom is 0.0359 e. The molecule has 2 heterocycles. The minimum atomic E-state index is 0.304. The predicted molar refractivity (Wildman–Crippen MR) is 73.1 cm³/mol. The molecule has 3 nitrogen and oxygen atoms in total. The summed E-state index contributed by atoms with van der Waals surface area (Å²) in [6.45, 7) is 9.25. The summed E-state index contributed by atoms with van der Waals surface area (Å²) in [6, 6.07) is 0.766. The van der Waals surface area contributed by atoms with Crippen LogP contribution < -0.4 is 5.73 Å². The number of nitrogens with zero attached hydrogens (tertiary/aromatic N) is 2. The molecule has 3 heteroatoms. The van der Waals surface area contributed by atoms with Crippen LogP contribution in [0.4, 0.5) is 0 Å². The van der Waals surface area contributed by atoms with Gasteiger partial charge >= 0.3 is 0 Å². The highest BCUT2D eigenvalue weighted by atomic mass is 15.3. The van der Waals surface area contributed by atoms with Crippen LogP contribution in [0.1, 0.15) is 39.5 Å². The second-order valence-electron chi connectivity index (χ2n) is 6.38. The molecule has 2 fully saturated rings. The average Bonchev–Trinajstić information content (AvgIpc) is 2.80. The molecule has 2 N–H and O–H groups in total. The Bertz CT molecular complexity index is 244. The lowest BCUT2D eigenvalue weighted by Crippen LogP contribution is -2.61. The highest BCUT2D eigenvalue weighted by molar-refractivity contribution is 5.01. The van der Waals surface area contributed by atoms with E-state index in [4.69, 9.17) is 5.73 Å². The van der Waals surface area contributed by atoms with Crippen LogP contribution in [0.3, 0.4) is 0 Å². The van der Waals surface area contributed by atoms with Crippen molar-refractivity contribution in [3.05, 3.63) is 0 Å². The van der Waals surface area contributed by atoms with E-state index in [1.165, 1.54) is 45.3 Å². The molecule has 100 valence electrons. The van der Waals surface area contributed by atoms with Crippen molar-refractivity contribution in [2.45, 2.75) is 51.1 Å². The Morgan fingerprint density at radius 3 is 2.41 bits per heavy atom. The first-order valence-corrected chi connectivity index (χ1v) is 7.24. The fourth-order valence-electron chi connectivity index (χ4n) is 3.72. The molecule has 0 amide bonds. The Kier molecular flexibility index (Phi) is 4.11. The van der Waals surface area contributed by atoms with Gasteiger partial charge in [0.1, 0.15) is 0 Å². The molecule has 0 aromatic rings. The van der Waals surface area contributed by atoms with E-state index in [1.54, 1.807) is 0 Å². The van der Waals surface area contributed by atoms with E-state index in [0.29, 0.717) is 5.54 Å². The van der Waals surface area contributed by atoms with E-state index in [0.717, 1.165) is 18.5 Å². The summed E-state index contributed by atoms with van der Waals surface area (Å²) in [5.74, 6) is 0.764. The van der Waals surface area contributed by atoms with Crippen molar-refractivity contribution >= 4 is 0 Å². The molecule has 2 saturated heterocycles. The molecule has 0 aromatic carbocycles. The summed E-state index contributed by atoms with van der Waals surface area (Å²) in [5.41, 5.74) is 6.47. The first kappa shape index (κ1) is 13.3. The molecule has 0 aromatic heterocycles. The lowest BCUT2D eigenvalue weighted by Gasteiger charge is -2.49. The maximum atomic E-state index is 6.17. The van der Waals surface area contributed by atoms with Crippen LogP contribution in [0.5, 0.6) is 0 Å². The van der Waals surface area contributed by atoms with E-state index in [-0.39, 0.29) is 0 Å². The van der Waals surface area contributed by atoms with Crippen molar-refractivity contribution in [3.8, 4) is 0 Å². The van der Waals surface area contributed by atoms with Crippen LogP contribution in [-0.4, -0.2) is 54.6 Å². The van der Waals surface area contributed by atoms with E-state index >= 15 is 0 Å². The van der Waals surface area contributed by atoms with Gasteiger partial charge in [-0.25, -0.2) is 0 Å². The Hall–Kier alpha value is -0.120. The van der Waals surface area contributed by atoms with E-state index in [9.17, 15) is 0 Å². The van der Waals surface area contributed by atoms with E-state index in [1.807, 2.05) is 0 Å². The number of rotatable bonds is 3. The van der Waals surface area contributed by atoms with Gasteiger partial charge in [-0.3, -0.25) is 4.90 Å². The molecule has 0 spiro atoms. The number of likely N-dealkylation sites (tertiary alicyclic amines) is 2. The molecule has 0 saturated carbocycles. The summed E-state index contributed by atoms with van der Waals surface area (Å²) in [4.78, 5) is 5.21. The topological polar surface area (TPSA) is 32.5 Å². The van der Waals surface area contributed by atoms with Crippen LogP contribution in [-0.2, 0) is 0 Å². The SMILES string of the molecule is CC(C)C1CCCN1C1(CN)CCN(C)CC1. The normalized spacial score (nSPS) is 31.2. The van der Waals surface area contributed by atoms with Crippen LogP contribution in [0.15, 0.2) is 0 Å². The second-order valence-corrected chi connectivity index (χ2v) is 6.38. The van der Waals surface area contributed by atoms with Crippen LogP contribution in [0.25, 0.3) is 0 Å². The summed E-state index contributed by atoms with van der Waals surface area (Å²) >= 11 is 0. The Morgan fingerprint density at radius 2 is 1.88 bits per heavy atom. The fraction of sp³-hybridized carbons (Fsp3) is 1.00. The van der Waals surface area contributed by atoms with Gasteiger partial charge in [0, 0.05) is 18.1 Å². The van der Waals surface area contributed by atoms with Gasteiger partial charge in [-0.2, -0.15) is 0 Å². The Labute approximate surface area is 106 Å². The third-order valence-corrected chi connectivity index (χ3v) is 4.98. The van der Waals surface area contributed by atoms with Crippen LogP contribution in [0, 0.1) is 5.92 Å². The minimum absolute atomic E-state index is 0.304. The third-order valence-electron chi connectivity index (χ3n) is 4.98. The molecular formula is C14H29N3. The molecule has 2 aliphatic rings. The van der Waals surface area contributed by atoms with Crippen LogP contribution >= 0.6 is 0 Å². The quantitative estimate of drug-likeness (QED) is 0.811. The van der Waals surface area contributed by atoms with Crippen molar-refractivity contribution in [1.29, 1.82) is 0 Å². The number of nitrogens with two attached hydrogens (primary N) is 1. The zero-order valence-corrected chi connectivity index (χ0v) is 11.8. The summed E-state index contributed by atoms with van der Waals surface area (Å²) < 4.78 is 0. The molecule has 2 rings (SSSR count). The van der Waals surface area contributed by atoms with Gasteiger partial charge in [0.25, 0.3) is 0 Å². The van der Waals surface area contributed by atoms with Gasteiger partial charge in [0.2, 0.25) is 0 Å². The molecule has 0 bridgehead atoms. The number of hydrogen-bond acceptors (Lipinski definition) is 3. The van der Waals surface area contributed by atoms with Crippen molar-refractivity contribution in [1.82, 2.24) is 9.80 Å². The first-order valence-electron chi connectivity index (χ1n) is 7.24. The van der Waals surface area contributed by atoms with Crippen molar-refractivity contribution < 1.29 is 0 Å². The van der Waals surface area contributed by atoms with Crippen molar-refractivity contribution in [2.24, 2.45) is 11.7 Å². The molecule has 1 atom stereocenters. The van der Waals surface area contributed by atoms with Gasteiger partial charge < -0.3 is 10.6 Å². The van der Waals surface area contributed by atoms with Gasteiger partial charge in [-0.15, -0.1) is 0 Å². The molecule has 0 aliphatic carbocycles. The smallest absolute Gasteiger partial charge is 0.0359 e. The minimum Gasteiger partial charge on any atom is -0.329 e. The Balaban J connectivity index is 2.11. The third kappa shape index (κ3) is 2.51. The molecule has 1 unspecified atom stereocenters. The van der Waals surface area contributed by atoms with Crippen LogP contribution in [0.2, 0.25) is 0 Å². The second kappa shape index (κ2) is 5.25. The number of piperidine rings is 1. The van der Waals surface area contributed by atoms with Gasteiger partial charge in [-0.1, -0.05) is 13.8 Å². The monoisotopic (exact) mass is 239 g/mol. The lowest BCUT2D eigenvalue weighted by atomic mass is 9.84. The van der Waals surface area contributed by atoms with Gasteiger partial charge in [0.05, 0.1) is 0 Å². The predicted octanol–water partition coefficient (Wildman–Crippen LogP) is 1.53. The Morgan fingerprint density at radius 1 is 1.24 bits per heavy atom. The first-order chi connectivity index (χ1) is 8.09. The van der Waals surface area contributed by atoms with E-state index < -0.39 is 0 Å². The molecule has 17 heavy (non-hydrogen) atoms. The van der Waals surface area contributed by atoms with E-state index in [2.05, 4.69) is 30.7 Å². The fourth-order valence-corrected chi connectivity index (χ4v) is 3.72. The number of hydrogen-bond donors (Lipinski definition) is 1. The highest BCUT2D eigenvalue weighted by Crippen LogP contribution is 2.36. The zero-order valence-electron chi connectivity index (χ0n) is 11.8. The maximum absolute atomic E-state index is 6.17. The molecule has 2 aliphatic heterocycles. The lowest BCUT2D eigenvalue weighted by molar-refractivity contribution is 0.0115. The summed E-state index contributed by atoms with van der Waals surface area (Å²) in [5, 5.41) is 0. The standard InChI is InChI=1S/C14H29N3/c1-12(2)13-5-4-8-17(13)14(11-15)6-9-16(3)10-7-14/h12-13H,4-11,15H2,1-3H3. The van der Waals surface area contributed by atoms with Gasteiger partial charge in [0.15, 0.2) is 0 Å². The van der Waals surface area contributed by atoms with Crippen molar-refractivity contribution in [3.63, 3.8) is 0 Å².